The first-order chi connectivity index (χ1) is 41.0. The van der Waals surface area contributed by atoms with Crippen LogP contribution < -0.4 is 5.32 Å². The summed E-state index contributed by atoms with van der Waals surface area (Å²) >= 11 is 0. The number of hydrogen-bond donors (Lipinski definition) is 3. The van der Waals surface area contributed by atoms with Crippen LogP contribution in [0.25, 0.3) is 0 Å². The highest BCUT2D eigenvalue weighted by atomic mass is 31.2. The number of carbonyl (C=O) groups excluding carboxylic acids is 1. The third-order valence-corrected chi connectivity index (χ3v) is 19.0. The summed E-state index contributed by atoms with van der Waals surface area (Å²) in [5, 5.41) is 14.2. The molecule has 0 aromatic carbocycles. The Kier molecular flexibility index (Phi) is 66.1. The lowest BCUT2D eigenvalue weighted by Crippen LogP contribution is -2.46. The fourth-order valence-corrected chi connectivity index (χ4v) is 12.8. The van der Waals surface area contributed by atoms with E-state index in [1.807, 2.05) is 21.1 Å². The van der Waals surface area contributed by atoms with Gasteiger partial charge in [-0.15, -0.1) is 0 Å². The van der Waals surface area contributed by atoms with E-state index in [-0.39, 0.29) is 19.1 Å². The van der Waals surface area contributed by atoms with E-state index in [2.05, 4.69) is 31.3 Å². The van der Waals surface area contributed by atoms with Crippen molar-refractivity contribution < 1.29 is 32.9 Å². The Hall–Kier alpha value is -0.760. The standard InChI is InChI=1S/C75H151N2O6P/c1-6-8-10-12-14-16-18-20-22-24-26-28-30-32-33-34-35-36-37-38-39-40-41-42-43-45-47-49-51-53-55-57-59-61-63-65-67-69-75(79)76-73(72-83-84(80,81)82-71-70-77(3,4)5)74(78)68-66-64-62-60-58-56-54-52-50-48-46-44-31-29-27-25-23-21-19-17-15-13-11-9-7-2/h24,26,73-74,78H,6-23,25,27-72H2,1-5H3,(H-,76,79,80,81)/p+1/b26-24-. The second kappa shape index (κ2) is 66.7. The van der Waals surface area contributed by atoms with Crippen LogP contribution in [0, 0.1) is 0 Å². The Labute approximate surface area is 526 Å². The molecule has 0 rings (SSSR count). The van der Waals surface area contributed by atoms with Crippen molar-refractivity contribution >= 4 is 13.7 Å². The SMILES string of the molecule is CCCCCCCCCC/C=C\CCCCCCCCCCCCCCCCCCCCCCCCCCCC(=O)NC(COP(=O)(O)OCC[N+](C)(C)C)C(O)CCCCCCCCCCCCCCCCCCCCCCCCCCC. The normalized spacial score (nSPS) is 13.6. The number of unbranched alkanes of at least 4 members (excludes halogenated alkanes) is 57. The predicted octanol–water partition coefficient (Wildman–Crippen LogP) is 24.5. The number of phosphoric ester groups is 1. The first-order valence-corrected chi connectivity index (χ1v) is 39.5. The molecule has 0 aromatic heterocycles. The largest absolute Gasteiger partial charge is 0.472 e. The number of nitrogens with one attached hydrogen (secondary N) is 1. The quantitative estimate of drug-likeness (QED) is 0.0243. The molecule has 502 valence electrons. The van der Waals surface area contributed by atoms with Gasteiger partial charge in [-0.2, -0.15) is 0 Å². The van der Waals surface area contributed by atoms with Crippen molar-refractivity contribution in [1.82, 2.24) is 5.32 Å². The van der Waals surface area contributed by atoms with Gasteiger partial charge in [0, 0.05) is 6.42 Å². The van der Waals surface area contributed by atoms with Crippen LogP contribution in [-0.2, 0) is 18.4 Å². The number of allylic oxidation sites excluding steroid dienone is 2. The zero-order valence-electron chi connectivity index (χ0n) is 57.7. The van der Waals surface area contributed by atoms with Gasteiger partial charge in [-0.05, 0) is 38.5 Å². The van der Waals surface area contributed by atoms with Crippen molar-refractivity contribution in [1.29, 1.82) is 0 Å². The third kappa shape index (κ3) is 68.7. The average Bonchev–Trinajstić information content (AvgIpc) is 3.56. The van der Waals surface area contributed by atoms with Gasteiger partial charge in [-0.3, -0.25) is 13.8 Å². The smallest absolute Gasteiger partial charge is 0.391 e. The summed E-state index contributed by atoms with van der Waals surface area (Å²) in [7, 11) is 1.64. The fraction of sp³-hybridized carbons (Fsp3) is 0.960. The minimum atomic E-state index is -4.33. The van der Waals surface area contributed by atoms with Crippen LogP contribution in [0.15, 0.2) is 12.2 Å². The Bertz CT molecular complexity index is 1370. The number of aliphatic hydroxyl groups excluding tert-OH is 1. The van der Waals surface area contributed by atoms with Crippen molar-refractivity contribution in [3.63, 3.8) is 0 Å². The number of aliphatic hydroxyl groups is 1. The molecule has 0 bridgehead atoms. The van der Waals surface area contributed by atoms with Crippen molar-refractivity contribution in [2.45, 2.75) is 424 Å². The fourth-order valence-electron chi connectivity index (χ4n) is 12.1. The second-order valence-electron chi connectivity index (χ2n) is 27.7. The van der Waals surface area contributed by atoms with Crippen molar-refractivity contribution in [2.75, 3.05) is 40.9 Å². The Balaban J connectivity index is 3.90. The summed E-state index contributed by atoms with van der Waals surface area (Å²) in [6.45, 7) is 4.96. The maximum absolute atomic E-state index is 13.1. The molecule has 1 amide bonds. The highest BCUT2D eigenvalue weighted by molar-refractivity contribution is 7.47. The van der Waals surface area contributed by atoms with Crippen LogP contribution in [0.2, 0.25) is 0 Å². The van der Waals surface area contributed by atoms with Gasteiger partial charge in [-0.25, -0.2) is 4.57 Å². The number of rotatable bonds is 72. The van der Waals surface area contributed by atoms with Crippen LogP contribution in [0.4, 0.5) is 0 Å². The Morgan fingerprint density at radius 1 is 0.393 bits per heavy atom. The lowest BCUT2D eigenvalue weighted by molar-refractivity contribution is -0.870. The van der Waals surface area contributed by atoms with Crippen LogP contribution in [0.3, 0.4) is 0 Å². The molecule has 3 N–H and O–H groups in total. The van der Waals surface area contributed by atoms with Crippen molar-refractivity contribution in [3.8, 4) is 0 Å². The zero-order chi connectivity index (χ0) is 61.2. The summed E-state index contributed by atoms with van der Waals surface area (Å²) in [5.41, 5.74) is 0. The van der Waals surface area contributed by atoms with Gasteiger partial charge in [0.05, 0.1) is 39.9 Å². The molecule has 0 heterocycles. The van der Waals surface area contributed by atoms with Gasteiger partial charge in [0.1, 0.15) is 13.2 Å². The molecule has 0 aliphatic heterocycles. The molecule has 0 aliphatic carbocycles. The molecule has 3 unspecified atom stereocenters. The molecule has 0 aliphatic rings. The summed E-state index contributed by atoms with van der Waals surface area (Å²) in [4.78, 5) is 23.5. The number of nitrogens with zero attached hydrogens (tertiary/aromatic N) is 1. The van der Waals surface area contributed by atoms with Gasteiger partial charge in [0.2, 0.25) is 5.91 Å². The monoisotopic (exact) mass is 1210 g/mol. The van der Waals surface area contributed by atoms with E-state index in [1.54, 1.807) is 0 Å². The molecular weight excluding hydrogens is 1060 g/mol. The molecule has 8 nitrogen and oxygen atoms in total. The first kappa shape index (κ1) is 83.2. The second-order valence-corrected chi connectivity index (χ2v) is 29.2. The Morgan fingerprint density at radius 2 is 0.643 bits per heavy atom. The Morgan fingerprint density at radius 3 is 0.917 bits per heavy atom. The number of carbonyl (C=O) groups is 1. The maximum Gasteiger partial charge on any atom is 0.472 e. The number of hydrogen-bond acceptors (Lipinski definition) is 5. The van der Waals surface area contributed by atoms with Gasteiger partial charge >= 0.3 is 7.82 Å². The molecule has 84 heavy (non-hydrogen) atoms. The van der Waals surface area contributed by atoms with E-state index in [9.17, 15) is 19.4 Å². The average molecular weight is 1210 g/mol. The lowest BCUT2D eigenvalue weighted by atomic mass is 10.0. The molecule has 0 saturated carbocycles. The molecule has 9 heteroatoms. The van der Waals surface area contributed by atoms with Gasteiger partial charge < -0.3 is 19.8 Å². The van der Waals surface area contributed by atoms with E-state index >= 15 is 0 Å². The van der Waals surface area contributed by atoms with E-state index in [1.165, 1.54) is 347 Å². The number of phosphoric acid groups is 1. The summed E-state index contributed by atoms with van der Waals surface area (Å²) in [6, 6.07) is -0.758. The topological polar surface area (TPSA) is 105 Å². The molecule has 0 aromatic rings. The number of amides is 1. The highest BCUT2D eigenvalue weighted by Crippen LogP contribution is 2.43. The lowest BCUT2D eigenvalue weighted by Gasteiger charge is -2.26. The zero-order valence-corrected chi connectivity index (χ0v) is 58.6. The molecule has 0 spiro atoms. The van der Waals surface area contributed by atoms with Gasteiger partial charge in [0.15, 0.2) is 0 Å². The number of likely N-dealkylation sites (N-methyl/N-ethyl adjacent to an activating group) is 1. The van der Waals surface area contributed by atoms with Gasteiger partial charge in [-0.1, -0.05) is 379 Å². The van der Waals surface area contributed by atoms with Crippen LogP contribution >= 0.6 is 7.82 Å². The van der Waals surface area contributed by atoms with E-state index in [4.69, 9.17) is 9.05 Å². The summed E-state index contributed by atoms with van der Waals surface area (Å²) in [6.07, 6.45) is 86.3. The molecular formula is C75H152N2O6P+. The van der Waals surface area contributed by atoms with Crippen LogP contribution in [0.5, 0.6) is 0 Å². The van der Waals surface area contributed by atoms with Crippen LogP contribution in [-0.4, -0.2) is 73.4 Å². The number of quaternary nitrogens is 1. The minimum absolute atomic E-state index is 0.0788. The minimum Gasteiger partial charge on any atom is -0.391 e. The molecule has 0 saturated heterocycles. The van der Waals surface area contributed by atoms with E-state index in [0.29, 0.717) is 23.9 Å². The van der Waals surface area contributed by atoms with Gasteiger partial charge in [0.25, 0.3) is 0 Å². The highest BCUT2D eigenvalue weighted by Gasteiger charge is 2.28. The molecule has 0 radical (unpaired) electrons. The van der Waals surface area contributed by atoms with Crippen molar-refractivity contribution in [3.05, 3.63) is 12.2 Å². The predicted molar refractivity (Wildman–Crippen MR) is 369 cm³/mol. The third-order valence-electron chi connectivity index (χ3n) is 18.0. The molecule has 0 fully saturated rings. The maximum atomic E-state index is 13.1. The van der Waals surface area contributed by atoms with Crippen molar-refractivity contribution in [2.24, 2.45) is 0 Å². The summed E-state index contributed by atoms with van der Waals surface area (Å²) in [5.74, 6) is -0.133. The van der Waals surface area contributed by atoms with E-state index < -0.39 is 20.0 Å². The molecule has 3 atom stereocenters. The first-order valence-electron chi connectivity index (χ1n) is 38.1. The van der Waals surface area contributed by atoms with E-state index in [0.717, 1.165) is 38.5 Å². The summed E-state index contributed by atoms with van der Waals surface area (Å²) < 4.78 is 23.9. The van der Waals surface area contributed by atoms with Crippen LogP contribution in [0.1, 0.15) is 412 Å².